The minimum atomic E-state index is -0.330. The smallest absolute Gasteiger partial charge is 0.204 e. The topological polar surface area (TPSA) is 66.5 Å². The monoisotopic (exact) mass is 373 g/mol. The zero-order valence-corrected chi connectivity index (χ0v) is 15.4. The molecule has 6 heteroatoms. The van der Waals surface area contributed by atoms with Crippen molar-refractivity contribution in [1.29, 1.82) is 0 Å². The number of benzene rings is 3. The number of H-pyrrole nitrogens is 1. The van der Waals surface area contributed by atoms with Crippen LogP contribution in [0.25, 0.3) is 11.4 Å². The normalized spacial score (nSPS) is 13.2. The van der Waals surface area contributed by atoms with Gasteiger partial charge in [-0.25, -0.2) is 4.39 Å². The molecule has 2 atom stereocenters. The second kappa shape index (κ2) is 8.10. The molecule has 140 valence electrons. The lowest BCUT2D eigenvalue weighted by Gasteiger charge is -2.25. The molecule has 2 N–H and O–H groups in total. The Bertz CT molecular complexity index is 1020. The molecule has 0 aliphatic carbocycles. The number of rotatable bonds is 6. The maximum absolute atomic E-state index is 14.9. The number of aromatic nitrogens is 4. The van der Waals surface area contributed by atoms with Gasteiger partial charge in [-0.2, -0.15) is 5.21 Å². The van der Waals surface area contributed by atoms with Gasteiger partial charge in [-0.05, 0) is 41.5 Å². The third-order valence-corrected chi connectivity index (χ3v) is 4.76. The van der Waals surface area contributed by atoms with Crippen molar-refractivity contribution in [3.63, 3.8) is 0 Å². The number of aromatic amines is 1. The predicted molar refractivity (Wildman–Crippen MR) is 106 cm³/mol. The van der Waals surface area contributed by atoms with Crippen LogP contribution in [0.2, 0.25) is 0 Å². The molecule has 0 bridgehead atoms. The van der Waals surface area contributed by atoms with Crippen LogP contribution in [0, 0.1) is 5.82 Å². The van der Waals surface area contributed by atoms with E-state index in [1.807, 2.05) is 48.5 Å². The van der Waals surface area contributed by atoms with Crippen LogP contribution in [0.4, 0.5) is 4.39 Å². The van der Waals surface area contributed by atoms with Gasteiger partial charge in [-0.1, -0.05) is 60.7 Å². The van der Waals surface area contributed by atoms with Crippen molar-refractivity contribution in [2.75, 3.05) is 0 Å². The summed E-state index contributed by atoms with van der Waals surface area (Å²) in [6, 6.07) is 24.6. The molecular weight excluding hydrogens is 353 g/mol. The van der Waals surface area contributed by atoms with Crippen LogP contribution in [0.1, 0.15) is 35.7 Å². The summed E-state index contributed by atoms with van der Waals surface area (Å²) in [6.45, 7) is 2.08. The van der Waals surface area contributed by atoms with Crippen LogP contribution < -0.4 is 5.32 Å². The number of hydrogen-bond donors (Lipinski definition) is 2. The minimum absolute atomic E-state index is 0.0274. The van der Waals surface area contributed by atoms with E-state index in [1.54, 1.807) is 12.1 Å². The zero-order valence-electron chi connectivity index (χ0n) is 15.4. The Morgan fingerprint density at radius 2 is 1.57 bits per heavy atom. The average Bonchev–Trinajstić information content (AvgIpc) is 3.29. The van der Waals surface area contributed by atoms with E-state index in [4.69, 9.17) is 0 Å². The van der Waals surface area contributed by atoms with Crippen molar-refractivity contribution in [2.24, 2.45) is 0 Å². The Morgan fingerprint density at radius 1 is 0.893 bits per heavy atom. The summed E-state index contributed by atoms with van der Waals surface area (Å²) in [5.74, 6) is 0.151. The number of nitrogens with one attached hydrogen (secondary N) is 2. The minimum Gasteiger partial charge on any atom is -0.300 e. The first kappa shape index (κ1) is 18.0. The summed E-state index contributed by atoms with van der Waals surface area (Å²) in [7, 11) is 0. The van der Waals surface area contributed by atoms with Crippen molar-refractivity contribution >= 4 is 0 Å². The molecule has 1 heterocycles. The molecule has 0 spiro atoms. The van der Waals surface area contributed by atoms with E-state index in [2.05, 4.69) is 45.0 Å². The van der Waals surface area contributed by atoms with Gasteiger partial charge in [0, 0.05) is 17.2 Å². The van der Waals surface area contributed by atoms with Gasteiger partial charge in [0.2, 0.25) is 5.82 Å². The number of halogens is 1. The maximum atomic E-state index is 14.9. The van der Waals surface area contributed by atoms with Gasteiger partial charge in [0.25, 0.3) is 0 Å². The molecule has 1 unspecified atom stereocenters. The largest absolute Gasteiger partial charge is 0.300 e. The molecule has 4 rings (SSSR count). The first-order valence-electron chi connectivity index (χ1n) is 9.11. The zero-order chi connectivity index (χ0) is 19.3. The molecule has 1 aromatic heterocycles. The fourth-order valence-corrected chi connectivity index (χ4v) is 3.29. The van der Waals surface area contributed by atoms with Gasteiger partial charge in [0.1, 0.15) is 5.82 Å². The fraction of sp³-hybridized carbons (Fsp3) is 0.136. The summed E-state index contributed by atoms with van der Waals surface area (Å²) in [4.78, 5) is 0. The highest BCUT2D eigenvalue weighted by molar-refractivity contribution is 5.56. The molecule has 0 amide bonds. The van der Waals surface area contributed by atoms with Gasteiger partial charge < -0.3 is 0 Å². The van der Waals surface area contributed by atoms with Crippen LogP contribution in [0.15, 0.2) is 78.9 Å². The number of hydrogen-bond acceptors (Lipinski definition) is 4. The Hall–Kier alpha value is -3.38. The summed E-state index contributed by atoms with van der Waals surface area (Å²) in [5, 5.41) is 17.6. The van der Waals surface area contributed by atoms with Gasteiger partial charge in [-0.3, -0.25) is 5.32 Å². The maximum Gasteiger partial charge on any atom is 0.204 e. The first-order valence-corrected chi connectivity index (χ1v) is 9.11. The lowest BCUT2D eigenvalue weighted by atomic mass is 9.94. The van der Waals surface area contributed by atoms with Crippen LogP contribution in [0.3, 0.4) is 0 Å². The van der Waals surface area contributed by atoms with Crippen molar-refractivity contribution in [3.8, 4) is 11.4 Å². The quantitative estimate of drug-likeness (QED) is 0.524. The molecule has 0 saturated carbocycles. The fourth-order valence-electron chi connectivity index (χ4n) is 3.29. The van der Waals surface area contributed by atoms with E-state index in [0.717, 1.165) is 11.1 Å². The summed E-state index contributed by atoms with van der Waals surface area (Å²) in [5.41, 5.74) is 3.36. The first-order chi connectivity index (χ1) is 13.7. The summed E-state index contributed by atoms with van der Waals surface area (Å²) < 4.78 is 14.9. The van der Waals surface area contributed by atoms with E-state index in [1.165, 1.54) is 6.07 Å². The van der Waals surface area contributed by atoms with E-state index < -0.39 is 0 Å². The molecule has 0 aliphatic heterocycles. The van der Waals surface area contributed by atoms with Gasteiger partial charge in [-0.15, -0.1) is 10.2 Å². The predicted octanol–water partition coefficient (Wildman–Crippen LogP) is 4.45. The average molecular weight is 373 g/mol. The molecular formula is C22H20FN5. The Balaban J connectivity index is 1.75. The molecule has 0 saturated heterocycles. The van der Waals surface area contributed by atoms with Gasteiger partial charge in [0.05, 0.1) is 6.04 Å². The highest BCUT2D eigenvalue weighted by Crippen LogP contribution is 2.30. The van der Waals surface area contributed by atoms with E-state index in [9.17, 15) is 4.39 Å². The molecule has 0 fully saturated rings. The van der Waals surface area contributed by atoms with E-state index in [-0.39, 0.29) is 17.9 Å². The van der Waals surface area contributed by atoms with Crippen LogP contribution >= 0.6 is 0 Å². The molecule has 0 radical (unpaired) electrons. The highest BCUT2D eigenvalue weighted by Gasteiger charge is 2.21. The molecule has 4 aromatic rings. The van der Waals surface area contributed by atoms with Gasteiger partial charge in [0.15, 0.2) is 0 Å². The Kier molecular flexibility index (Phi) is 5.21. The van der Waals surface area contributed by atoms with Gasteiger partial charge >= 0.3 is 0 Å². The summed E-state index contributed by atoms with van der Waals surface area (Å²) in [6.07, 6.45) is 0. The molecule has 28 heavy (non-hydrogen) atoms. The SMILES string of the molecule is C[C@@H](NC(c1ccccc1)c1cc(-c2nn[nH]n2)ccc1F)c1ccccc1. The second-order valence-corrected chi connectivity index (χ2v) is 6.61. The van der Waals surface area contributed by atoms with E-state index >= 15 is 0 Å². The lowest BCUT2D eigenvalue weighted by Crippen LogP contribution is -2.26. The van der Waals surface area contributed by atoms with E-state index in [0.29, 0.717) is 17.0 Å². The standard InChI is InChI=1S/C22H20FN5/c1-15(16-8-4-2-5-9-16)24-21(17-10-6-3-7-11-17)19-14-18(12-13-20(19)23)22-25-27-28-26-22/h2-15,21,24H,1H3,(H,25,26,27,28)/t15-,21?/m1/s1. The molecule has 5 nitrogen and oxygen atoms in total. The molecule has 0 aliphatic rings. The van der Waals surface area contributed by atoms with Crippen molar-refractivity contribution in [3.05, 3.63) is 101 Å². The number of nitrogens with zero attached hydrogens (tertiary/aromatic N) is 3. The van der Waals surface area contributed by atoms with Crippen LogP contribution in [-0.2, 0) is 0 Å². The van der Waals surface area contributed by atoms with Crippen molar-refractivity contribution in [1.82, 2.24) is 25.9 Å². The third kappa shape index (κ3) is 3.82. The van der Waals surface area contributed by atoms with Crippen molar-refractivity contribution < 1.29 is 4.39 Å². The highest BCUT2D eigenvalue weighted by atomic mass is 19.1. The van der Waals surface area contributed by atoms with Crippen molar-refractivity contribution in [2.45, 2.75) is 19.0 Å². The summed E-state index contributed by atoms with van der Waals surface area (Å²) >= 11 is 0. The Morgan fingerprint density at radius 3 is 2.21 bits per heavy atom. The Labute approximate surface area is 162 Å². The number of tetrazole rings is 1. The van der Waals surface area contributed by atoms with Crippen LogP contribution in [0.5, 0.6) is 0 Å². The second-order valence-electron chi connectivity index (χ2n) is 6.61. The lowest BCUT2D eigenvalue weighted by molar-refractivity contribution is 0.494. The van der Waals surface area contributed by atoms with Crippen LogP contribution in [-0.4, -0.2) is 20.6 Å². The molecule has 3 aromatic carbocycles. The third-order valence-electron chi connectivity index (χ3n) is 4.76.